The molecular formula is C19H20N4O2. The summed E-state index contributed by atoms with van der Waals surface area (Å²) >= 11 is 0. The van der Waals surface area contributed by atoms with Crippen molar-refractivity contribution in [1.82, 2.24) is 10.3 Å². The summed E-state index contributed by atoms with van der Waals surface area (Å²) in [6.07, 6.45) is 10.0. The number of pyridine rings is 1. The smallest absolute Gasteiger partial charge is 0.319 e. The van der Waals surface area contributed by atoms with Crippen LogP contribution in [0.4, 0.5) is 16.2 Å². The minimum atomic E-state index is -0.326. The number of amides is 3. The van der Waals surface area contributed by atoms with E-state index in [1.165, 1.54) is 6.08 Å². The predicted octanol–water partition coefficient (Wildman–Crippen LogP) is 3.47. The third-order valence-electron chi connectivity index (χ3n) is 3.14. The number of urea groups is 1. The highest BCUT2D eigenvalue weighted by atomic mass is 16.2. The summed E-state index contributed by atoms with van der Waals surface area (Å²) in [5.74, 6) is -0.239. The van der Waals surface area contributed by atoms with Crippen LogP contribution < -0.4 is 16.0 Å². The SMILES string of the molecule is C/C=C/C=C\C(=O)Nc1cccc(NC(=O)NCc2ccncc2)c1. The van der Waals surface area contributed by atoms with Crippen molar-refractivity contribution in [3.8, 4) is 0 Å². The molecule has 0 fully saturated rings. The second-order valence-electron chi connectivity index (χ2n) is 5.12. The fourth-order valence-electron chi connectivity index (χ4n) is 1.97. The largest absolute Gasteiger partial charge is 0.334 e. The molecule has 128 valence electrons. The topological polar surface area (TPSA) is 83.1 Å². The number of carbonyl (C=O) groups is 2. The monoisotopic (exact) mass is 336 g/mol. The highest BCUT2D eigenvalue weighted by Crippen LogP contribution is 2.15. The van der Waals surface area contributed by atoms with Crippen LogP contribution in [0.25, 0.3) is 0 Å². The number of rotatable bonds is 6. The molecule has 6 nitrogen and oxygen atoms in total. The molecule has 6 heteroatoms. The van der Waals surface area contributed by atoms with E-state index in [1.807, 2.05) is 25.1 Å². The molecule has 0 radical (unpaired) electrons. The molecule has 0 aliphatic rings. The number of carbonyl (C=O) groups excluding carboxylic acids is 2. The summed E-state index contributed by atoms with van der Waals surface area (Å²) < 4.78 is 0. The van der Waals surface area contributed by atoms with Gasteiger partial charge in [-0.2, -0.15) is 0 Å². The molecule has 0 aliphatic heterocycles. The molecule has 2 aromatic rings. The van der Waals surface area contributed by atoms with Gasteiger partial charge in [0.1, 0.15) is 0 Å². The third kappa shape index (κ3) is 6.70. The normalized spacial score (nSPS) is 10.8. The van der Waals surface area contributed by atoms with Crippen LogP contribution in [0.2, 0.25) is 0 Å². The molecule has 0 aliphatic carbocycles. The lowest BCUT2D eigenvalue weighted by Crippen LogP contribution is -2.28. The molecule has 25 heavy (non-hydrogen) atoms. The van der Waals surface area contributed by atoms with E-state index in [9.17, 15) is 9.59 Å². The van der Waals surface area contributed by atoms with Crippen molar-refractivity contribution in [2.75, 3.05) is 10.6 Å². The van der Waals surface area contributed by atoms with Crippen molar-refractivity contribution in [3.63, 3.8) is 0 Å². The Labute approximate surface area is 146 Å². The lowest BCUT2D eigenvalue weighted by molar-refractivity contribution is -0.111. The van der Waals surface area contributed by atoms with Crippen LogP contribution in [0.3, 0.4) is 0 Å². The summed E-state index contributed by atoms with van der Waals surface area (Å²) in [7, 11) is 0. The average Bonchev–Trinajstić information content (AvgIpc) is 2.61. The molecule has 3 N–H and O–H groups in total. The van der Waals surface area contributed by atoms with E-state index in [4.69, 9.17) is 0 Å². The van der Waals surface area contributed by atoms with Gasteiger partial charge in [-0.05, 0) is 42.8 Å². The summed E-state index contributed by atoms with van der Waals surface area (Å²) in [5.41, 5.74) is 2.14. The van der Waals surface area contributed by atoms with Crippen molar-refractivity contribution in [1.29, 1.82) is 0 Å². The van der Waals surface area contributed by atoms with Gasteiger partial charge in [0.2, 0.25) is 5.91 Å². The Hall–Kier alpha value is -3.41. The number of benzene rings is 1. The second kappa shape index (κ2) is 9.67. The Balaban J connectivity index is 1.87. The molecule has 0 saturated carbocycles. The minimum Gasteiger partial charge on any atom is -0.334 e. The number of hydrogen-bond acceptors (Lipinski definition) is 3. The van der Waals surface area contributed by atoms with Crippen LogP contribution >= 0.6 is 0 Å². The maximum absolute atomic E-state index is 11.9. The Morgan fingerprint density at radius 1 is 1.04 bits per heavy atom. The van der Waals surface area contributed by atoms with Gasteiger partial charge in [-0.25, -0.2) is 4.79 Å². The van der Waals surface area contributed by atoms with Crippen molar-refractivity contribution < 1.29 is 9.59 Å². The Morgan fingerprint density at radius 3 is 2.48 bits per heavy atom. The van der Waals surface area contributed by atoms with Crippen LogP contribution in [0.1, 0.15) is 12.5 Å². The van der Waals surface area contributed by atoms with E-state index in [0.29, 0.717) is 17.9 Å². The van der Waals surface area contributed by atoms with Gasteiger partial charge < -0.3 is 16.0 Å². The Morgan fingerprint density at radius 2 is 1.76 bits per heavy atom. The molecule has 0 spiro atoms. The number of aromatic nitrogens is 1. The number of anilines is 2. The fourth-order valence-corrected chi connectivity index (χ4v) is 1.97. The second-order valence-corrected chi connectivity index (χ2v) is 5.12. The fraction of sp³-hybridized carbons (Fsp3) is 0.105. The van der Waals surface area contributed by atoms with Gasteiger partial charge in [-0.15, -0.1) is 0 Å². The molecule has 1 aromatic carbocycles. The third-order valence-corrected chi connectivity index (χ3v) is 3.14. The van der Waals surface area contributed by atoms with Gasteiger partial charge >= 0.3 is 6.03 Å². The van der Waals surface area contributed by atoms with E-state index < -0.39 is 0 Å². The maximum Gasteiger partial charge on any atom is 0.319 e. The van der Waals surface area contributed by atoms with E-state index >= 15 is 0 Å². The van der Waals surface area contributed by atoms with Crippen molar-refractivity contribution in [2.24, 2.45) is 0 Å². The van der Waals surface area contributed by atoms with Crippen LogP contribution in [0, 0.1) is 0 Å². The first-order valence-electron chi connectivity index (χ1n) is 7.81. The zero-order chi connectivity index (χ0) is 17.9. The van der Waals surface area contributed by atoms with E-state index in [0.717, 1.165) is 5.56 Å². The Bertz CT molecular complexity index is 770. The molecule has 0 unspecified atom stereocenters. The standard InChI is InChI=1S/C19H20N4O2/c1-2-3-4-8-18(24)22-16-6-5-7-17(13-16)23-19(25)21-14-15-9-11-20-12-10-15/h2-13H,14H2,1H3,(H,22,24)(H2,21,23,25)/b3-2+,8-4-. The number of hydrogen-bond donors (Lipinski definition) is 3. The van der Waals surface area contributed by atoms with E-state index in [-0.39, 0.29) is 11.9 Å². The minimum absolute atomic E-state index is 0.239. The molecule has 0 bridgehead atoms. The molecule has 0 atom stereocenters. The summed E-state index contributed by atoms with van der Waals surface area (Å²) in [5, 5.41) is 8.22. The first-order valence-corrected chi connectivity index (χ1v) is 7.81. The lowest BCUT2D eigenvalue weighted by Gasteiger charge is -2.09. The van der Waals surface area contributed by atoms with Gasteiger partial charge in [-0.3, -0.25) is 9.78 Å². The predicted molar refractivity (Wildman–Crippen MR) is 99.1 cm³/mol. The quantitative estimate of drug-likeness (QED) is 0.558. The van der Waals surface area contributed by atoms with E-state index in [1.54, 1.807) is 48.8 Å². The van der Waals surface area contributed by atoms with Gasteiger partial charge in [0, 0.05) is 36.4 Å². The number of allylic oxidation sites excluding steroid dienone is 3. The van der Waals surface area contributed by atoms with Gasteiger partial charge in [-0.1, -0.05) is 24.3 Å². The van der Waals surface area contributed by atoms with Crippen LogP contribution in [-0.2, 0) is 11.3 Å². The number of nitrogens with zero attached hydrogens (tertiary/aromatic N) is 1. The van der Waals surface area contributed by atoms with Crippen LogP contribution in [0.5, 0.6) is 0 Å². The molecule has 0 saturated heterocycles. The first kappa shape index (κ1) is 17.9. The summed E-state index contributed by atoms with van der Waals surface area (Å²) in [6, 6.07) is 10.3. The van der Waals surface area contributed by atoms with E-state index in [2.05, 4.69) is 20.9 Å². The van der Waals surface area contributed by atoms with Crippen molar-refractivity contribution in [2.45, 2.75) is 13.5 Å². The number of nitrogens with one attached hydrogen (secondary N) is 3. The summed E-state index contributed by atoms with van der Waals surface area (Å²) in [6.45, 7) is 2.28. The summed E-state index contributed by atoms with van der Waals surface area (Å²) in [4.78, 5) is 27.6. The maximum atomic E-state index is 11.9. The highest BCUT2D eigenvalue weighted by Gasteiger charge is 2.03. The van der Waals surface area contributed by atoms with Gasteiger partial charge in [0.15, 0.2) is 0 Å². The molecule has 1 heterocycles. The van der Waals surface area contributed by atoms with Crippen LogP contribution in [-0.4, -0.2) is 16.9 Å². The van der Waals surface area contributed by atoms with Crippen molar-refractivity contribution >= 4 is 23.3 Å². The zero-order valence-electron chi connectivity index (χ0n) is 13.9. The molecule has 1 aromatic heterocycles. The van der Waals surface area contributed by atoms with Gasteiger partial charge in [0.05, 0.1) is 0 Å². The molecule has 2 rings (SSSR count). The molecule has 3 amide bonds. The van der Waals surface area contributed by atoms with Crippen molar-refractivity contribution in [3.05, 3.63) is 78.7 Å². The highest BCUT2D eigenvalue weighted by molar-refractivity contribution is 6.00. The average molecular weight is 336 g/mol. The first-order chi connectivity index (χ1) is 12.2. The van der Waals surface area contributed by atoms with Crippen LogP contribution in [0.15, 0.2) is 73.1 Å². The lowest BCUT2D eigenvalue weighted by atomic mass is 10.2. The molecular weight excluding hydrogens is 316 g/mol. The van der Waals surface area contributed by atoms with Gasteiger partial charge in [0.25, 0.3) is 0 Å². The zero-order valence-corrected chi connectivity index (χ0v) is 13.9. The Kier molecular flexibility index (Phi) is 6.94.